The molecule has 3 nitrogen and oxygen atoms in total. The fourth-order valence-corrected chi connectivity index (χ4v) is 2.56. The summed E-state index contributed by atoms with van der Waals surface area (Å²) in [5.41, 5.74) is 1.81. The lowest BCUT2D eigenvalue weighted by Gasteiger charge is -2.19. The molecule has 0 unspecified atom stereocenters. The molecule has 0 atom stereocenters. The zero-order chi connectivity index (χ0) is 13.2. The quantitative estimate of drug-likeness (QED) is 0.871. The minimum absolute atomic E-state index is 0.472. The van der Waals surface area contributed by atoms with Crippen LogP contribution in [0.5, 0.6) is 0 Å². The second-order valence-electron chi connectivity index (χ2n) is 6.53. The average molecular weight is 250 g/mol. The van der Waals surface area contributed by atoms with E-state index in [-0.39, 0.29) is 0 Å². The maximum Gasteiger partial charge on any atom is 0.122 e. The molecular formula is C15H26N2O. The Morgan fingerprint density at radius 2 is 2.22 bits per heavy atom. The van der Waals surface area contributed by atoms with Crippen LogP contribution >= 0.6 is 0 Å². The molecule has 18 heavy (non-hydrogen) atoms. The van der Waals surface area contributed by atoms with Crippen LogP contribution in [0.1, 0.15) is 45.4 Å². The molecule has 102 valence electrons. The predicted octanol–water partition coefficient (Wildman–Crippen LogP) is 3.01. The molecule has 0 spiro atoms. The van der Waals surface area contributed by atoms with Gasteiger partial charge in [-0.15, -0.1) is 0 Å². The summed E-state index contributed by atoms with van der Waals surface area (Å²) in [7, 11) is 0. The summed E-state index contributed by atoms with van der Waals surface area (Å²) in [5.74, 6) is 1.09. The molecule has 1 fully saturated rings. The van der Waals surface area contributed by atoms with Crippen LogP contribution in [0.2, 0.25) is 0 Å². The van der Waals surface area contributed by atoms with Crippen LogP contribution in [0.25, 0.3) is 0 Å². The Labute approximate surface area is 111 Å². The third-order valence-corrected chi connectivity index (χ3v) is 3.66. The minimum atomic E-state index is 0.472. The second kappa shape index (κ2) is 5.45. The summed E-state index contributed by atoms with van der Waals surface area (Å²) in [6.07, 6.45) is 3.11. The van der Waals surface area contributed by atoms with E-state index >= 15 is 0 Å². The monoisotopic (exact) mass is 250 g/mol. The highest BCUT2D eigenvalue weighted by molar-refractivity contribution is 5.17. The molecule has 1 N–H and O–H groups in total. The van der Waals surface area contributed by atoms with Gasteiger partial charge >= 0.3 is 0 Å². The maximum atomic E-state index is 5.59. The Hall–Kier alpha value is -0.800. The first-order valence-corrected chi connectivity index (χ1v) is 6.97. The highest BCUT2D eigenvalue weighted by Gasteiger charge is 2.29. The molecule has 0 saturated carbocycles. The molecule has 1 saturated heterocycles. The van der Waals surface area contributed by atoms with Crippen molar-refractivity contribution < 1.29 is 4.42 Å². The minimum Gasteiger partial charge on any atom is -0.468 e. The van der Waals surface area contributed by atoms with Gasteiger partial charge in [0.1, 0.15) is 5.76 Å². The van der Waals surface area contributed by atoms with Gasteiger partial charge in [0.2, 0.25) is 0 Å². The Balaban J connectivity index is 1.92. The smallest absolute Gasteiger partial charge is 0.122 e. The van der Waals surface area contributed by atoms with Gasteiger partial charge in [-0.25, -0.2) is 0 Å². The van der Waals surface area contributed by atoms with Gasteiger partial charge < -0.3 is 9.73 Å². The van der Waals surface area contributed by atoms with E-state index < -0.39 is 0 Å². The molecule has 0 bridgehead atoms. The van der Waals surface area contributed by atoms with E-state index in [1.807, 2.05) is 6.26 Å². The summed E-state index contributed by atoms with van der Waals surface area (Å²) < 4.78 is 5.59. The summed E-state index contributed by atoms with van der Waals surface area (Å²) in [5, 5.41) is 3.42. The van der Waals surface area contributed by atoms with Crippen molar-refractivity contribution in [3.05, 3.63) is 23.7 Å². The Morgan fingerprint density at radius 3 is 2.83 bits per heavy atom. The molecule has 1 aliphatic heterocycles. The van der Waals surface area contributed by atoms with Crippen molar-refractivity contribution in [2.75, 3.05) is 13.1 Å². The zero-order valence-electron chi connectivity index (χ0n) is 12.1. The van der Waals surface area contributed by atoms with Crippen molar-refractivity contribution in [1.82, 2.24) is 10.2 Å². The molecule has 1 aromatic heterocycles. The molecule has 0 radical (unpaired) electrons. The molecule has 0 aliphatic carbocycles. The van der Waals surface area contributed by atoms with E-state index in [1.54, 1.807) is 0 Å². The summed E-state index contributed by atoms with van der Waals surface area (Å²) in [6, 6.07) is 2.61. The number of rotatable bonds is 5. The summed E-state index contributed by atoms with van der Waals surface area (Å²) in [4.78, 5) is 2.53. The van der Waals surface area contributed by atoms with Crippen LogP contribution < -0.4 is 5.32 Å². The van der Waals surface area contributed by atoms with Crippen molar-refractivity contribution in [2.24, 2.45) is 5.41 Å². The molecular weight excluding hydrogens is 224 g/mol. The van der Waals surface area contributed by atoms with E-state index in [9.17, 15) is 0 Å². The number of furan rings is 1. The fourth-order valence-electron chi connectivity index (χ4n) is 2.56. The van der Waals surface area contributed by atoms with Gasteiger partial charge in [0.25, 0.3) is 0 Å². The highest BCUT2D eigenvalue weighted by Crippen LogP contribution is 2.30. The van der Waals surface area contributed by atoms with E-state index in [0.29, 0.717) is 11.5 Å². The van der Waals surface area contributed by atoms with Crippen molar-refractivity contribution >= 4 is 0 Å². The first kappa shape index (κ1) is 13.6. The van der Waals surface area contributed by atoms with Crippen LogP contribution in [0, 0.1) is 5.41 Å². The summed E-state index contributed by atoms with van der Waals surface area (Å²) >= 11 is 0. The van der Waals surface area contributed by atoms with E-state index in [0.717, 1.165) is 18.8 Å². The van der Waals surface area contributed by atoms with Crippen LogP contribution in [0.4, 0.5) is 0 Å². The van der Waals surface area contributed by atoms with Crippen molar-refractivity contribution in [2.45, 2.75) is 53.2 Å². The molecule has 3 heteroatoms. The number of likely N-dealkylation sites (tertiary alicyclic amines) is 1. The number of hydrogen-bond donors (Lipinski definition) is 1. The molecule has 0 aromatic carbocycles. The van der Waals surface area contributed by atoms with Gasteiger partial charge in [-0.1, -0.05) is 27.7 Å². The van der Waals surface area contributed by atoms with E-state index in [1.165, 1.54) is 25.1 Å². The second-order valence-corrected chi connectivity index (χ2v) is 6.53. The standard InChI is InChI=1S/C15H26N2O/c1-12(2)16-9-14-13(5-8-18-14)10-17-7-6-15(3,4)11-17/h5,8,12,16H,6-7,9-11H2,1-4H3. The van der Waals surface area contributed by atoms with Gasteiger partial charge in [0.05, 0.1) is 12.8 Å². The van der Waals surface area contributed by atoms with Crippen LogP contribution in [0.3, 0.4) is 0 Å². The first-order valence-electron chi connectivity index (χ1n) is 6.97. The van der Waals surface area contributed by atoms with Gasteiger partial charge in [-0.3, -0.25) is 4.90 Å². The number of hydrogen-bond acceptors (Lipinski definition) is 3. The molecule has 1 aromatic rings. The van der Waals surface area contributed by atoms with Crippen molar-refractivity contribution in [3.63, 3.8) is 0 Å². The lowest BCUT2D eigenvalue weighted by molar-refractivity contribution is 0.281. The van der Waals surface area contributed by atoms with Crippen LogP contribution in [0.15, 0.2) is 16.7 Å². The van der Waals surface area contributed by atoms with Gasteiger partial charge in [0.15, 0.2) is 0 Å². The normalized spacial score (nSPS) is 19.8. The van der Waals surface area contributed by atoms with Crippen molar-refractivity contribution in [1.29, 1.82) is 0 Å². The molecule has 1 aliphatic rings. The SMILES string of the molecule is CC(C)NCc1occc1CN1CCC(C)(C)C1. The molecule has 2 rings (SSSR count). The third kappa shape index (κ3) is 3.59. The maximum absolute atomic E-state index is 5.59. The van der Waals surface area contributed by atoms with Gasteiger partial charge in [0, 0.05) is 24.7 Å². The summed E-state index contributed by atoms with van der Waals surface area (Å²) in [6.45, 7) is 13.3. The van der Waals surface area contributed by atoms with Gasteiger partial charge in [-0.05, 0) is 24.4 Å². The van der Waals surface area contributed by atoms with Crippen LogP contribution in [-0.2, 0) is 13.1 Å². The Morgan fingerprint density at radius 1 is 1.44 bits per heavy atom. The largest absolute Gasteiger partial charge is 0.468 e. The average Bonchev–Trinajstić information content (AvgIpc) is 2.83. The number of nitrogens with zero attached hydrogens (tertiary/aromatic N) is 1. The lowest BCUT2D eigenvalue weighted by atomic mass is 9.93. The Kier molecular flexibility index (Phi) is 4.13. The molecule has 2 heterocycles. The first-order chi connectivity index (χ1) is 8.46. The lowest BCUT2D eigenvalue weighted by Crippen LogP contribution is -2.25. The topological polar surface area (TPSA) is 28.4 Å². The van der Waals surface area contributed by atoms with Crippen molar-refractivity contribution in [3.8, 4) is 0 Å². The van der Waals surface area contributed by atoms with E-state index in [4.69, 9.17) is 4.42 Å². The van der Waals surface area contributed by atoms with E-state index in [2.05, 4.69) is 44.0 Å². The fraction of sp³-hybridized carbons (Fsp3) is 0.733. The Bertz CT molecular complexity index is 382. The highest BCUT2D eigenvalue weighted by atomic mass is 16.3. The third-order valence-electron chi connectivity index (χ3n) is 3.66. The predicted molar refractivity (Wildman–Crippen MR) is 74.4 cm³/mol. The number of nitrogens with one attached hydrogen (secondary N) is 1. The van der Waals surface area contributed by atoms with Gasteiger partial charge in [-0.2, -0.15) is 0 Å². The van der Waals surface area contributed by atoms with Crippen LogP contribution in [-0.4, -0.2) is 24.0 Å². The zero-order valence-corrected chi connectivity index (χ0v) is 12.1. The molecule has 0 amide bonds.